The average molecular weight is 253 g/mol. The summed E-state index contributed by atoms with van der Waals surface area (Å²) in [4.78, 5) is 15.4. The SMILES string of the molecule is CC(C)Cc1nc(CCC(C)(C)C)oc1C(=O)O. The van der Waals surface area contributed by atoms with E-state index in [1.54, 1.807) is 0 Å². The number of aromatic nitrogens is 1. The highest BCUT2D eigenvalue weighted by Gasteiger charge is 2.21. The lowest BCUT2D eigenvalue weighted by Crippen LogP contribution is -2.06. The third-order valence-electron chi connectivity index (χ3n) is 2.63. The second kappa shape index (κ2) is 5.55. The van der Waals surface area contributed by atoms with Crippen molar-refractivity contribution in [3.05, 3.63) is 17.3 Å². The summed E-state index contributed by atoms with van der Waals surface area (Å²) in [5, 5.41) is 9.09. The van der Waals surface area contributed by atoms with Gasteiger partial charge < -0.3 is 9.52 Å². The van der Waals surface area contributed by atoms with Crippen LogP contribution < -0.4 is 0 Å². The Morgan fingerprint density at radius 1 is 1.39 bits per heavy atom. The van der Waals surface area contributed by atoms with Gasteiger partial charge in [0.25, 0.3) is 0 Å². The first-order valence-corrected chi connectivity index (χ1v) is 6.41. The molecule has 4 nitrogen and oxygen atoms in total. The second-order valence-corrected chi connectivity index (χ2v) is 6.35. The quantitative estimate of drug-likeness (QED) is 0.871. The van der Waals surface area contributed by atoms with Crippen LogP contribution in [0.5, 0.6) is 0 Å². The highest BCUT2D eigenvalue weighted by molar-refractivity contribution is 5.85. The molecule has 1 N–H and O–H groups in total. The molecule has 0 aliphatic rings. The van der Waals surface area contributed by atoms with Crippen LogP contribution in [0.1, 0.15) is 63.2 Å². The summed E-state index contributed by atoms with van der Waals surface area (Å²) in [6, 6.07) is 0. The van der Waals surface area contributed by atoms with E-state index in [4.69, 9.17) is 9.52 Å². The summed E-state index contributed by atoms with van der Waals surface area (Å²) >= 11 is 0. The monoisotopic (exact) mass is 253 g/mol. The van der Waals surface area contributed by atoms with Crippen LogP contribution in [0.25, 0.3) is 0 Å². The molecule has 102 valence electrons. The topological polar surface area (TPSA) is 63.3 Å². The molecule has 18 heavy (non-hydrogen) atoms. The summed E-state index contributed by atoms with van der Waals surface area (Å²) in [5.74, 6) is -0.116. The zero-order chi connectivity index (χ0) is 13.9. The number of aryl methyl sites for hydroxylation is 1. The van der Waals surface area contributed by atoms with E-state index < -0.39 is 5.97 Å². The molecule has 4 heteroatoms. The lowest BCUT2D eigenvalue weighted by molar-refractivity contribution is 0.0658. The fourth-order valence-corrected chi connectivity index (χ4v) is 1.68. The molecule has 0 aliphatic heterocycles. The largest absolute Gasteiger partial charge is 0.475 e. The van der Waals surface area contributed by atoms with E-state index in [9.17, 15) is 4.79 Å². The number of carbonyl (C=O) groups is 1. The molecular formula is C14H23NO3. The minimum Gasteiger partial charge on any atom is -0.475 e. The average Bonchev–Trinajstić information content (AvgIpc) is 2.56. The van der Waals surface area contributed by atoms with E-state index in [0.29, 0.717) is 30.3 Å². The molecule has 0 unspecified atom stereocenters. The number of hydrogen-bond donors (Lipinski definition) is 1. The van der Waals surface area contributed by atoms with E-state index in [1.165, 1.54) is 0 Å². The van der Waals surface area contributed by atoms with E-state index in [0.717, 1.165) is 6.42 Å². The summed E-state index contributed by atoms with van der Waals surface area (Å²) < 4.78 is 5.36. The van der Waals surface area contributed by atoms with Crippen molar-refractivity contribution in [3.8, 4) is 0 Å². The predicted octanol–water partition coefficient (Wildman–Crippen LogP) is 3.55. The van der Waals surface area contributed by atoms with Crippen LogP contribution in [0.2, 0.25) is 0 Å². The van der Waals surface area contributed by atoms with Crippen LogP contribution in [0.3, 0.4) is 0 Å². The smallest absolute Gasteiger partial charge is 0.373 e. The fourth-order valence-electron chi connectivity index (χ4n) is 1.68. The summed E-state index contributed by atoms with van der Waals surface area (Å²) in [7, 11) is 0. The molecule has 0 fully saturated rings. The van der Waals surface area contributed by atoms with Crippen molar-refractivity contribution in [1.29, 1.82) is 0 Å². The van der Waals surface area contributed by atoms with Crippen LogP contribution in [0.15, 0.2) is 4.42 Å². The number of nitrogens with zero attached hydrogens (tertiary/aromatic N) is 1. The predicted molar refractivity (Wildman–Crippen MR) is 69.8 cm³/mol. The first-order chi connectivity index (χ1) is 8.19. The minimum atomic E-state index is -1.03. The lowest BCUT2D eigenvalue weighted by atomic mass is 9.91. The zero-order valence-electron chi connectivity index (χ0n) is 11.9. The highest BCUT2D eigenvalue weighted by Crippen LogP contribution is 2.23. The number of carboxylic acids is 1. The molecule has 0 saturated carbocycles. The Morgan fingerprint density at radius 3 is 2.44 bits per heavy atom. The van der Waals surface area contributed by atoms with Gasteiger partial charge in [0.2, 0.25) is 5.76 Å². The maximum Gasteiger partial charge on any atom is 0.373 e. The molecule has 0 aliphatic carbocycles. The Bertz CT molecular complexity index is 413. The molecule has 1 rings (SSSR count). The number of hydrogen-bond acceptors (Lipinski definition) is 3. The van der Waals surface area contributed by atoms with Gasteiger partial charge in [0.15, 0.2) is 5.89 Å². The van der Waals surface area contributed by atoms with Crippen LogP contribution in [-0.2, 0) is 12.8 Å². The van der Waals surface area contributed by atoms with E-state index in [2.05, 4.69) is 25.8 Å². The van der Waals surface area contributed by atoms with Crippen LogP contribution in [-0.4, -0.2) is 16.1 Å². The highest BCUT2D eigenvalue weighted by atomic mass is 16.4. The van der Waals surface area contributed by atoms with Gasteiger partial charge in [-0.1, -0.05) is 34.6 Å². The van der Waals surface area contributed by atoms with Crippen molar-refractivity contribution in [2.45, 2.75) is 53.9 Å². The van der Waals surface area contributed by atoms with Gasteiger partial charge in [-0.25, -0.2) is 9.78 Å². The summed E-state index contributed by atoms with van der Waals surface area (Å²) in [6.45, 7) is 10.5. The van der Waals surface area contributed by atoms with Gasteiger partial charge in [0.05, 0.1) is 5.69 Å². The van der Waals surface area contributed by atoms with E-state index in [1.807, 2.05) is 13.8 Å². The zero-order valence-corrected chi connectivity index (χ0v) is 11.9. The van der Waals surface area contributed by atoms with Crippen LogP contribution in [0, 0.1) is 11.3 Å². The van der Waals surface area contributed by atoms with Crippen molar-refractivity contribution in [2.75, 3.05) is 0 Å². The first-order valence-electron chi connectivity index (χ1n) is 6.41. The molecule has 0 aromatic carbocycles. The van der Waals surface area contributed by atoms with Crippen molar-refractivity contribution in [1.82, 2.24) is 4.98 Å². The third kappa shape index (κ3) is 4.51. The maximum absolute atomic E-state index is 11.1. The lowest BCUT2D eigenvalue weighted by Gasteiger charge is -2.15. The van der Waals surface area contributed by atoms with Gasteiger partial charge in [-0.3, -0.25) is 0 Å². The number of aromatic carboxylic acids is 1. The van der Waals surface area contributed by atoms with Gasteiger partial charge in [0.1, 0.15) is 0 Å². The van der Waals surface area contributed by atoms with Crippen molar-refractivity contribution in [3.63, 3.8) is 0 Å². The van der Waals surface area contributed by atoms with Crippen LogP contribution >= 0.6 is 0 Å². The van der Waals surface area contributed by atoms with Gasteiger partial charge in [-0.15, -0.1) is 0 Å². The standard InChI is InChI=1S/C14H23NO3/c1-9(2)8-10-12(13(16)17)18-11(15-10)6-7-14(3,4)5/h9H,6-8H2,1-5H3,(H,16,17). The Labute approximate surface area is 108 Å². The van der Waals surface area contributed by atoms with Gasteiger partial charge in [-0.05, 0) is 24.2 Å². The second-order valence-electron chi connectivity index (χ2n) is 6.35. The maximum atomic E-state index is 11.1. The fraction of sp³-hybridized carbons (Fsp3) is 0.714. The molecule has 0 bridgehead atoms. The molecule has 1 aromatic rings. The van der Waals surface area contributed by atoms with Crippen molar-refractivity contribution in [2.24, 2.45) is 11.3 Å². The molecule has 1 aromatic heterocycles. The number of carboxylic acid groups (broad SMARTS) is 1. The van der Waals surface area contributed by atoms with Crippen molar-refractivity contribution >= 4 is 5.97 Å². The molecule has 0 saturated heterocycles. The molecule has 1 heterocycles. The molecular weight excluding hydrogens is 230 g/mol. The number of rotatable bonds is 5. The Kier molecular flexibility index (Phi) is 4.54. The van der Waals surface area contributed by atoms with Gasteiger partial charge >= 0.3 is 5.97 Å². The normalized spacial score (nSPS) is 12.1. The Hall–Kier alpha value is -1.32. The first kappa shape index (κ1) is 14.7. The van der Waals surface area contributed by atoms with Crippen molar-refractivity contribution < 1.29 is 14.3 Å². The minimum absolute atomic E-state index is 0.00705. The van der Waals surface area contributed by atoms with E-state index >= 15 is 0 Å². The molecule has 0 radical (unpaired) electrons. The third-order valence-corrected chi connectivity index (χ3v) is 2.63. The summed E-state index contributed by atoms with van der Waals surface area (Å²) in [5.41, 5.74) is 0.761. The number of oxazole rings is 1. The van der Waals surface area contributed by atoms with Gasteiger partial charge in [-0.2, -0.15) is 0 Å². The van der Waals surface area contributed by atoms with Crippen LogP contribution in [0.4, 0.5) is 0 Å². The van der Waals surface area contributed by atoms with Gasteiger partial charge in [0, 0.05) is 6.42 Å². The molecule has 0 amide bonds. The molecule has 0 atom stereocenters. The Morgan fingerprint density at radius 2 is 2.00 bits per heavy atom. The van der Waals surface area contributed by atoms with E-state index in [-0.39, 0.29) is 11.2 Å². The summed E-state index contributed by atoms with van der Waals surface area (Å²) in [6.07, 6.45) is 2.25. The Balaban J connectivity index is 2.85. The molecule has 0 spiro atoms.